The summed E-state index contributed by atoms with van der Waals surface area (Å²) in [7, 11) is 1.72. The van der Waals surface area contributed by atoms with Crippen LogP contribution in [0.4, 0.5) is 5.82 Å². The second-order valence-electron chi connectivity index (χ2n) is 9.49. The summed E-state index contributed by atoms with van der Waals surface area (Å²) in [6, 6.07) is 27.7. The van der Waals surface area contributed by atoms with Crippen LogP contribution >= 0.6 is 31.9 Å². The van der Waals surface area contributed by atoms with Crippen molar-refractivity contribution < 1.29 is 9.59 Å². The van der Waals surface area contributed by atoms with E-state index in [0.29, 0.717) is 6.42 Å². The van der Waals surface area contributed by atoms with Gasteiger partial charge in [0.1, 0.15) is 29.1 Å². The number of carbonyl (C=O) groups is 2. The Bertz CT molecular complexity index is 1930. The molecule has 0 fully saturated rings. The highest BCUT2D eigenvalue weighted by molar-refractivity contribution is 9.10. The number of rotatable bonds is 8. The van der Waals surface area contributed by atoms with Gasteiger partial charge in [0.15, 0.2) is 0 Å². The molecule has 4 aromatic heterocycles. The van der Waals surface area contributed by atoms with Gasteiger partial charge < -0.3 is 14.1 Å². The molecule has 0 aliphatic rings. The molecule has 4 heterocycles. The number of carbonyl (C=O) groups excluding carboxylic acids is 2. The molecule has 2 aromatic carbocycles. The lowest BCUT2D eigenvalue weighted by atomic mass is 10.2. The largest absolute Gasteiger partial charge is 0.303 e. The molecule has 0 aliphatic heterocycles. The average molecular weight is 697 g/mol. The molecule has 0 unspecified atom stereocenters. The SMILES string of the molecule is CN(C=O)c1c(/C=C/c2ccccc2)nc2ccc(Br)cn12.O=CCc1c(/C=C/c2ccccc2)nc2ccc(Br)cn12. The minimum absolute atomic E-state index is 0.339. The third-order valence-corrected chi connectivity index (χ3v) is 7.47. The van der Waals surface area contributed by atoms with E-state index in [9.17, 15) is 9.59 Å². The first kappa shape index (κ1) is 29.9. The molecule has 6 rings (SSSR count). The zero-order valence-electron chi connectivity index (χ0n) is 23.2. The van der Waals surface area contributed by atoms with Crippen LogP contribution < -0.4 is 4.90 Å². The van der Waals surface area contributed by atoms with Crippen molar-refractivity contribution in [2.45, 2.75) is 6.42 Å². The zero-order chi connectivity index (χ0) is 30.2. The molecule has 0 bridgehead atoms. The van der Waals surface area contributed by atoms with Crippen molar-refractivity contribution in [2.24, 2.45) is 0 Å². The van der Waals surface area contributed by atoms with E-state index < -0.39 is 0 Å². The minimum Gasteiger partial charge on any atom is -0.303 e. The third-order valence-electron chi connectivity index (χ3n) is 6.53. The smallest absolute Gasteiger partial charge is 0.215 e. The summed E-state index contributed by atoms with van der Waals surface area (Å²) in [6.07, 6.45) is 13.7. The first-order valence-electron chi connectivity index (χ1n) is 13.4. The summed E-state index contributed by atoms with van der Waals surface area (Å²) in [5.41, 5.74) is 6.28. The molecule has 6 aromatic rings. The summed E-state index contributed by atoms with van der Waals surface area (Å²) < 4.78 is 5.72. The van der Waals surface area contributed by atoms with E-state index in [4.69, 9.17) is 0 Å². The highest BCUT2D eigenvalue weighted by Crippen LogP contribution is 2.25. The van der Waals surface area contributed by atoms with E-state index >= 15 is 0 Å². The van der Waals surface area contributed by atoms with Gasteiger partial charge >= 0.3 is 0 Å². The Morgan fingerprint density at radius 3 is 1.74 bits per heavy atom. The Morgan fingerprint density at radius 1 is 0.674 bits per heavy atom. The predicted molar refractivity (Wildman–Crippen MR) is 181 cm³/mol. The Hall–Kier alpha value is -4.60. The fourth-order valence-electron chi connectivity index (χ4n) is 4.52. The molecule has 0 radical (unpaired) electrons. The lowest BCUT2D eigenvalue weighted by Crippen LogP contribution is -2.16. The molecule has 43 heavy (non-hydrogen) atoms. The molecular weight excluding hydrogens is 670 g/mol. The predicted octanol–water partition coefficient (Wildman–Crippen LogP) is 7.87. The van der Waals surface area contributed by atoms with Crippen LogP contribution in [0.5, 0.6) is 0 Å². The van der Waals surface area contributed by atoms with Gasteiger partial charge in [0.2, 0.25) is 6.41 Å². The van der Waals surface area contributed by atoms with Crippen LogP contribution in [-0.2, 0) is 16.0 Å². The van der Waals surface area contributed by atoms with Crippen LogP contribution in [0.3, 0.4) is 0 Å². The van der Waals surface area contributed by atoms with Crippen molar-refractivity contribution in [1.82, 2.24) is 18.8 Å². The summed E-state index contributed by atoms with van der Waals surface area (Å²) in [5.74, 6) is 0.735. The molecule has 0 N–H and O–H groups in total. The topological polar surface area (TPSA) is 72.0 Å². The fraction of sp³-hybridized carbons (Fsp3) is 0.0588. The van der Waals surface area contributed by atoms with E-state index in [1.165, 1.54) is 4.90 Å². The Morgan fingerprint density at radius 2 is 1.19 bits per heavy atom. The summed E-state index contributed by atoms with van der Waals surface area (Å²) in [6.45, 7) is 0. The van der Waals surface area contributed by atoms with E-state index in [1.807, 2.05) is 130 Å². The first-order chi connectivity index (χ1) is 21.0. The van der Waals surface area contributed by atoms with Gasteiger partial charge in [0, 0.05) is 34.8 Å². The Labute approximate surface area is 266 Å². The second kappa shape index (κ2) is 14.0. The van der Waals surface area contributed by atoms with E-state index in [2.05, 4.69) is 41.8 Å². The van der Waals surface area contributed by atoms with E-state index in [-0.39, 0.29) is 0 Å². The molecule has 0 saturated carbocycles. The maximum Gasteiger partial charge on any atom is 0.215 e. The van der Waals surface area contributed by atoms with Gasteiger partial charge in [-0.15, -0.1) is 0 Å². The second-order valence-corrected chi connectivity index (χ2v) is 11.3. The third kappa shape index (κ3) is 7.25. The number of hydrogen-bond acceptors (Lipinski definition) is 4. The first-order valence-corrected chi connectivity index (χ1v) is 15.0. The summed E-state index contributed by atoms with van der Waals surface area (Å²) in [5, 5.41) is 0. The van der Waals surface area contributed by atoms with Crippen LogP contribution in [0.15, 0.2) is 106 Å². The van der Waals surface area contributed by atoms with Gasteiger partial charge in [-0.25, -0.2) is 9.97 Å². The van der Waals surface area contributed by atoms with Gasteiger partial charge in [0.05, 0.1) is 11.4 Å². The molecular formula is C34H27Br2N5O2. The average Bonchev–Trinajstić information content (AvgIpc) is 3.57. The standard InChI is InChI=1S/C17H14BrN3O.C17H13BrN2O/c1-20(12-22)17-15(9-7-13-5-3-2-4-6-13)19-16-10-8-14(18)11-21(16)17;18-14-7-9-17-19-15(16(10-11-21)20(17)12-14)8-6-13-4-2-1-3-5-13/h2-12H,1H3;1-9,11-12H,10H2/b9-7+;8-6+. The monoisotopic (exact) mass is 695 g/mol. The van der Waals surface area contributed by atoms with Crippen LogP contribution in [0.2, 0.25) is 0 Å². The normalized spacial score (nSPS) is 11.2. The van der Waals surface area contributed by atoms with Crippen LogP contribution in [0, 0.1) is 0 Å². The molecule has 0 spiro atoms. The molecule has 214 valence electrons. The van der Waals surface area contributed by atoms with Gasteiger partial charge in [-0.1, -0.05) is 72.8 Å². The fourth-order valence-corrected chi connectivity index (χ4v) is 5.19. The van der Waals surface area contributed by atoms with Crippen LogP contribution in [0.25, 0.3) is 35.6 Å². The van der Waals surface area contributed by atoms with E-state index in [1.54, 1.807) is 7.05 Å². The van der Waals surface area contributed by atoms with Crippen molar-refractivity contribution in [3.63, 3.8) is 0 Å². The minimum atomic E-state index is 0.339. The molecule has 1 amide bonds. The number of imidazole rings is 2. The number of pyridine rings is 2. The number of nitrogens with zero attached hydrogens (tertiary/aromatic N) is 5. The van der Waals surface area contributed by atoms with Crippen molar-refractivity contribution >= 4 is 86.0 Å². The highest BCUT2D eigenvalue weighted by atomic mass is 79.9. The van der Waals surface area contributed by atoms with Gasteiger partial charge in [-0.05, 0) is 79.4 Å². The highest BCUT2D eigenvalue weighted by Gasteiger charge is 2.14. The van der Waals surface area contributed by atoms with Crippen molar-refractivity contribution in [3.8, 4) is 0 Å². The van der Waals surface area contributed by atoms with Gasteiger partial charge in [-0.2, -0.15) is 0 Å². The lowest BCUT2D eigenvalue weighted by molar-refractivity contribution is -0.108. The number of anilines is 1. The maximum absolute atomic E-state index is 11.2. The number of aldehydes is 1. The van der Waals surface area contributed by atoms with Crippen LogP contribution in [-0.4, -0.2) is 38.5 Å². The molecule has 0 aliphatic carbocycles. The van der Waals surface area contributed by atoms with Crippen molar-refractivity contribution in [3.05, 3.63) is 134 Å². The molecule has 0 atom stereocenters. The van der Waals surface area contributed by atoms with Gasteiger partial charge in [0.25, 0.3) is 0 Å². The number of aromatic nitrogens is 4. The molecule has 0 saturated heterocycles. The van der Waals surface area contributed by atoms with Crippen molar-refractivity contribution in [2.75, 3.05) is 11.9 Å². The number of halogens is 2. The summed E-state index contributed by atoms with van der Waals surface area (Å²) >= 11 is 6.90. The lowest BCUT2D eigenvalue weighted by Gasteiger charge is -2.11. The molecule has 7 nitrogen and oxygen atoms in total. The van der Waals surface area contributed by atoms with Crippen molar-refractivity contribution in [1.29, 1.82) is 0 Å². The van der Waals surface area contributed by atoms with E-state index in [0.717, 1.165) is 67.0 Å². The van der Waals surface area contributed by atoms with Crippen LogP contribution in [0.1, 0.15) is 28.2 Å². The quantitative estimate of drug-likeness (QED) is 0.152. The maximum atomic E-state index is 11.2. The Balaban J connectivity index is 0.000000171. The number of amides is 1. The Kier molecular flexibility index (Phi) is 9.76. The number of fused-ring (bicyclic) bond motifs is 2. The van der Waals surface area contributed by atoms with Gasteiger partial charge in [-0.3, -0.25) is 9.20 Å². The molecule has 9 heteroatoms. The zero-order valence-corrected chi connectivity index (χ0v) is 26.4. The summed E-state index contributed by atoms with van der Waals surface area (Å²) in [4.78, 5) is 32.9. The number of hydrogen-bond donors (Lipinski definition) is 0. The number of benzene rings is 2.